The molecule has 2 N–H and O–H groups in total. The summed E-state index contributed by atoms with van der Waals surface area (Å²) < 4.78 is 0. The molecule has 17 heavy (non-hydrogen) atoms. The number of carbonyl (C=O) groups excluding carboxylic acids is 1. The molecule has 0 fully saturated rings. The van der Waals surface area contributed by atoms with Crippen LogP contribution in [0.3, 0.4) is 0 Å². The van der Waals surface area contributed by atoms with E-state index in [0.717, 1.165) is 0 Å². The fourth-order valence-electron chi connectivity index (χ4n) is 1.07. The second kappa shape index (κ2) is 5.22. The van der Waals surface area contributed by atoms with Gasteiger partial charge >= 0.3 is 0 Å². The number of nitrogens with one attached hydrogen (secondary N) is 2. The number of anilines is 1. The summed E-state index contributed by atoms with van der Waals surface area (Å²) in [6.07, 6.45) is 4.28. The van der Waals surface area contributed by atoms with Crippen molar-refractivity contribution >= 4 is 23.3 Å². The number of hydrogen-bond acceptors (Lipinski definition) is 5. The maximum Gasteiger partial charge on any atom is 0.289 e. The van der Waals surface area contributed by atoms with Gasteiger partial charge < -0.3 is 0 Å². The molecule has 2 aromatic heterocycles. The molecule has 0 unspecified atom stereocenters. The Bertz CT molecular complexity index is 519. The molecule has 0 aliphatic rings. The summed E-state index contributed by atoms with van der Waals surface area (Å²) in [4.78, 5) is 23.2. The summed E-state index contributed by atoms with van der Waals surface area (Å²) in [6.45, 7) is 0. The molecule has 6 nitrogen and oxygen atoms in total. The first-order valence-corrected chi connectivity index (χ1v) is 5.08. The Hall–Kier alpha value is -2.21. The summed E-state index contributed by atoms with van der Waals surface area (Å²) in [5.41, 5.74) is 5.20. The lowest BCUT2D eigenvalue weighted by molar-refractivity contribution is 0.0957. The van der Waals surface area contributed by atoms with Crippen molar-refractivity contribution in [3.05, 3.63) is 47.6 Å². The largest absolute Gasteiger partial charge is 0.289 e. The van der Waals surface area contributed by atoms with E-state index in [4.69, 9.17) is 11.6 Å². The summed E-state index contributed by atoms with van der Waals surface area (Å²) in [6, 6.07) is 5.28. The molecule has 2 rings (SSSR count). The fourth-order valence-corrected chi connectivity index (χ4v) is 1.22. The van der Waals surface area contributed by atoms with Crippen LogP contribution in [0.5, 0.6) is 0 Å². The third-order valence-electron chi connectivity index (χ3n) is 1.81. The lowest BCUT2D eigenvalue weighted by Gasteiger charge is -2.06. The standard InChI is InChI=1S/C10H8ClN5O/c11-8-6-12-5-7(14-8)10(17)16-15-9-3-1-2-4-13-9/h1-6H,(H,13,15)(H,16,17). The summed E-state index contributed by atoms with van der Waals surface area (Å²) in [5.74, 6) is 0.0847. The van der Waals surface area contributed by atoms with E-state index in [9.17, 15) is 4.79 Å². The number of rotatable bonds is 3. The van der Waals surface area contributed by atoms with Gasteiger partial charge in [-0.3, -0.25) is 20.6 Å². The summed E-state index contributed by atoms with van der Waals surface area (Å²) in [5, 5.41) is 0.162. The Kier molecular flexibility index (Phi) is 3.46. The van der Waals surface area contributed by atoms with Crippen molar-refractivity contribution in [2.75, 3.05) is 5.43 Å². The molecule has 7 heteroatoms. The summed E-state index contributed by atoms with van der Waals surface area (Å²) >= 11 is 5.62. The van der Waals surface area contributed by atoms with Gasteiger partial charge in [0.05, 0.1) is 12.4 Å². The van der Waals surface area contributed by atoms with Gasteiger partial charge in [0.1, 0.15) is 16.7 Å². The van der Waals surface area contributed by atoms with Crippen molar-refractivity contribution in [1.29, 1.82) is 0 Å². The Morgan fingerprint density at radius 2 is 2.18 bits per heavy atom. The molecule has 1 amide bonds. The predicted molar refractivity (Wildman–Crippen MR) is 62.4 cm³/mol. The quantitative estimate of drug-likeness (QED) is 0.801. The van der Waals surface area contributed by atoms with Crippen molar-refractivity contribution < 1.29 is 4.79 Å². The van der Waals surface area contributed by atoms with Crippen molar-refractivity contribution in [3.8, 4) is 0 Å². The van der Waals surface area contributed by atoms with Gasteiger partial charge in [0, 0.05) is 6.20 Å². The molecule has 0 atom stereocenters. The zero-order valence-corrected chi connectivity index (χ0v) is 9.35. The van der Waals surface area contributed by atoms with Crippen molar-refractivity contribution in [3.63, 3.8) is 0 Å². The van der Waals surface area contributed by atoms with Crippen LogP contribution in [-0.2, 0) is 0 Å². The molecule has 0 saturated heterocycles. The number of amides is 1. The molecule has 0 bridgehead atoms. The molecular formula is C10H8ClN5O. The summed E-state index contributed by atoms with van der Waals surface area (Å²) in [7, 11) is 0. The first-order chi connectivity index (χ1) is 8.25. The Balaban J connectivity index is 1.98. The van der Waals surface area contributed by atoms with Crippen LogP contribution in [-0.4, -0.2) is 20.9 Å². The number of pyridine rings is 1. The van der Waals surface area contributed by atoms with E-state index in [1.807, 2.05) is 0 Å². The van der Waals surface area contributed by atoms with Crippen molar-refractivity contribution in [2.45, 2.75) is 0 Å². The highest BCUT2D eigenvalue weighted by Gasteiger charge is 2.07. The van der Waals surface area contributed by atoms with Gasteiger partial charge in [0.25, 0.3) is 5.91 Å². The van der Waals surface area contributed by atoms with Gasteiger partial charge in [-0.15, -0.1) is 0 Å². The van der Waals surface area contributed by atoms with Crippen LogP contribution in [0.4, 0.5) is 5.82 Å². The van der Waals surface area contributed by atoms with Gasteiger partial charge in [0.15, 0.2) is 0 Å². The lowest BCUT2D eigenvalue weighted by Crippen LogP contribution is -2.30. The number of hydrazine groups is 1. The van der Waals surface area contributed by atoms with E-state index in [0.29, 0.717) is 5.82 Å². The molecular weight excluding hydrogens is 242 g/mol. The zero-order valence-electron chi connectivity index (χ0n) is 8.59. The van der Waals surface area contributed by atoms with Crippen LogP contribution < -0.4 is 10.9 Å². The molecule has 0 radical (unpaired) electrons. The predicted octanol–water partition coefficient (Wildman–Crippen LogP) is 1.28. The Morgan fingerprint density at radius 1 is 1.29 bits per heavy atom. The number of hydrogen-bond donors (Lipinski definition) is 2. The van der Waals surface area contributed by atoms with Gasteiger partial charge in [0.2, 0.25) is 0 Å². The SMILES string of the molecule is O=C(NNc1ccccn1)c1cncc(Cl)n1. The number of halogens is 1. The van der Waals surface area contributed by atoms with Gasteiger partial charge in [-0.25, -0.2) is 9.97 Å². The number of aromatic nitrogens is 3. The van der Waals surface area contributed by atoms with Gasteiger partial charge in [-0.1, -0.05) is 17.7 Å². The first-order valence-electron chi connectivity index (χ1n) is 4.70. The van der Waals surface area contributed by atoms with Crippen LogP contribution in [0.1, 0.15) is 10.5 Å². The van der Waals surface area contributed by atoms with Crippen LogP contribution in [0.2, 0.25) is 5.15 Å². The monoisotopic (exact) mass is 249 g/mol. The molecule has 0 aliphatic carbocycles. The number of carbonyl (C=O) groups is 1. The normalized spacial score (nSPS) is 9.71. The molecule has 2 heterocycles. The first kappa shape index (κ1) is 11.3. The third kappa shape index (κ3) is 3.12. The minimum Gasteiger partial charge on any atom is -0.282 e. The highest BCUT2D eigenvalue weighted by atomic mass is 35.5. The van der Waals surface area contributed by atoms with Crippen molar-refractivity contribution in [2.24, 2.45) is 0 Å². The minimum atomic E-state index is -0.439. The van der Waals surface area contributed by atoms with Crippen molar-refractivity contribution in [1.82, 2.24) is 20.4 Å². The highest BCUT2D eigenvalue weighted by Crippen LogP contribution is 2.02. The molecule has 0 saturated carbocycles. The molecule has 86 valence electrons. The van der Waals surface area contributed by atoms with Crippen LogP contribution >= 0.6 is 11.6 Å². The second-order valence-corrected chi connectivity index (χ2v) is 3.41. The Morgan fingerprint density at radius 3 is 2.88 bits per heavy atom. The highest BCUT2D eigenvalue weighted by molar-refractivity contribution is 6.29. The Labute approximate surface area is 102 Å². The molecule has 0 aliphatic heterocycles. The van der Waals surface area contributed by atoms with E-state index in [-0.39, 0.29) is 10.8 Å². The lowest BCUT2D eigenvalue weighted by atomic mass is 10.4. The maximum absolute atomic E-state index is 11.6. The average molecular weight is 250 g/mol. The minimum absolute atomic E-state index is 0.126. The van der Waals surface area contributed by atoms with E-state index < -0.39 is 5.91 Å². The van der Waals surface area contributed by atoms with E-state index >= 15 is 0 Å². The average Bonchev–Trinajstić information content (AvgIpc) is 2.37. The fraction of sp³-hybridized carbons (Fsp3) is 0. The van der Waals surface area contributed by atoms with E-state index in [2.05, 4.69) is 25.8 Å². The smallest absolute Gasteiger partial charge is 0.282 e. The topological polar surface area (TPSA) is 79.8 Å². The van der Waals surface area contributed by atoms with Gasteiger partial charge in [-0.2, -0.15) is 0 Å². The number of nitrogens with zero attached hydrogens (tertiary/aromatic N) is 3. The molecule has 0 spiro atoms. The molecule has 2 aromatic rings. The maximum atomic E-state index is 11.6. The zero-order chi connectivity index (χ0) is 12.1. The van der Waals surface area contributed by atoms with E-state index in [1.54, 1.807) is 24.4 Å². The third-order valence-corrected chi connectivity index (χ3v) is 1.99. The van der Waals surface area contributed by atoms with Crippen LogP contribution in [0, 0.1) is 0 Å². The van der Waals surface area contributed by atoms with Gasteiger partial charge in [-0.05, 0) is 12.1 Å². The van der Waals surface area contributed by atoms with E-state index in [1.165, 1.54) is 12.4 Å². The van der Waals surface area contributed by atoms with Crippen LogP contribution in [0.25, 0.3) is 0 Å². The molecule has 0 aromatic carbocycles. The second-order valence-electron chi connectivity index (χ2n) is 3.02. The van der Waals surface area contributed by atoms with Crippen LogP contribution in [0.15, 0.2) is 36.8 Å².